The van der Waals surface area contributed by atoms with Crippen molar-refractivity contribution >= 4 is 0 Å². The number of rotatable bonds is 5. The van der Waals surface area contributed by atoms with Gasteiger partial charge in [0.2, 0.25) is 0 Å². The van der Waals surface area contributed by atoms with Crippen molar-refractivity contribution in [2.45, 2.75) is 19.1 Å². The number of alkyl halides is 2. The van der Waals surface area contributed by atoms with Crippen LogP contribution in [0.1, 0.15) is 5.69 Å². The highest BCUT2D eigenvalue weighted by Gasteiger charge is 2.15. The van der Waals surface area contributed by atoms with Gasteiger partial charge in [0.1, 0.15) is 6.10 Å². The maximum absolute atomic E-state index is 11.8. The minimum atomic E-state index is -2.70. The average molecular weight is 191 g/mol. The van der Waals surface area contributed by atoms with Crippen molar-refractivity contribution < 1.29 is 13.9 Å². The third-order valence-corrected chi connectivity index (χ3v) is 1.51. The molecule has 0 aliphatic heterocycles. The van der Waals surface area contributed by atoms with Gasteiger partial charge in [-0.05, 0) is 0 Å². The van der Waals surface area contributed by atoms with Crippen LogP contribution in [0, 0.1) is 0 Å². The molecule has 0 aliphatic rings. The zero-order valence-electron chi connectivity index (χ0n) is 6.87. The van der Waals surface area contributed by atoms with Crippen LogP contribution < -0.4 is 5.32 Å². The van der Waals surface area contributed by atoms with Gasteiger partial charge in [-0.2, -0.15) is 0 Å². The molecule has 0 bridgehead atoms. The monoisotopic (exact) mass is 191 g/mol. The molecule has 4 nitrogen and oxygen atoms in total. The topological polar surface area (TPSA) is 60.9 Å². The van der Waals surface area contributed by atoms with Crippen LogP contribution in [0.2, 0.25) is 0 Å². The molecule has 0 fully saturated rings. The Morgan fingerprint density at radius 1 is 1.62 bits per heavy atom. The molecule has 1 atom stereocenters. The Balaban J connectivity index is 2.14. The van der Waals surface area contributed by atoms with Crippen molar-refractivity contribution in [3.8, 4) is 0 Å². The zero-order chi connectivity index (χ0) is 9.68. The number of imidazole rings is 1. The molecular weight excluding hydrogens is 180 g/mol. The summed E-state index contributed by atoms with van der Waals surface area (Å²) in [5, 5.41) is 11.4. The normalized spacial score (nSPS) is 13.5. The highest BCUT2D eigenvalue weighted by Crippen LogP contribution is 1.99. The van der Waals surface area contributed by atoms with Gasteiger partial charge in [-0.3, -0.25) is 0 Å². The summed E-state index contributed by atoms with van der Waals surface area (Å²) in [6.07, 6.45) is -1.22. The summed E-state index contributed by atoms with van der Waals surface area (Å²) in [5.41, 5.74) is 0.793. The second kappa shape index (κ2) is 4.88. The third-order valence-electron chi connectivity index (χ3n) is 1.51. The van der Waals surface area contributed by atoms with Crippen LogP contribution in [0.25, 0.3) is 0 Å². The molecular formula is C7H11F2N3O. The van der Waals surface area contributed by atoms with Crippen LogP contribution in [0.3, 0.4) is 0 Å². The first kappa shape index (κ1) is 10.1. The Bertz CT molecular complexity index is 228. The first-order chi connectivity index (χ1) is 6.20. The Labute approximate surface area is 74.0 Å². The van der Waals surface area contributed by atoms with Crippen LogP contribution in [-0.2, 0) is 6.54 Å². The van der Waals surface area contributed by atoms with Gasteiger partial charge in [0.25, 0.3) is 6.43 Å². The molecule has 13 heavy (non-hydrogen) atoms. The van der Waals surface area contributed by atoms with Crippen molar-refractivity contribution in [1.82, 2.24) is 15.3 Å². The lowest BCUT2D eigenvalue weighted by atomic mass is 10.3. The highest BCUT2D eigenvalue weighted by atomic mass is 19.3. The molecule has 1 rings (SSSR count). The summed E-state index contributed by atoms with van der Waals surface area (Å²) in [7, 11) is 0. The zero-order valence-corrected chi connectivity index (χ0v) is 6.87. The Morgan fingerprint density at radius 3 is 2.92 bits per heavy atom. The minimum Gasteiger partial charge on any atom is -0.386 e. The maximum Gasteiger partial charge on any atom is 0.265 e. The summed E-state index contributed by atoms with van der Waals surface area (Å²) < 4.78 is 23.6. The smallest absolute Gasteiger partial charge is 0.265 e. The standard InChI is InChI=1S/C7H11F2N3O/c8-7(9)6(13)3-10-1-5-2-11-4-12-5/h2,4,6-7,10,13H,1,3H2,(H,11,12). The van der Waals surface area contributed by atoms with Crippen molar-refractivity contribution in [2.75, 3.05) is 6.54 Å². The van der Waals surface area contributed by atoms with E-state index in [0.717, 1.165) is 5.69 Å². The van der Waals surface area contributed by atoms with E-state index in [1.807, 2.05) is 0 Å². The Hall–Kier alpha value is -1.01. The van der Waals surface area contributed by atoms with E-state index < -0.39 is 12.5 Å². The number of nitrogens with one attached hydrogen (secondary N) is 2. The quantitative estimate of drug-likeness (QED) is 0.619. The fraction of sp³-hybridized carbons (Fsp3) is 0.571. The number of nitrogens with zero attached hydrogens (tertiary/aromatic N) is 1. The predicted octanol–water partition coefficient (Wildman–Crippen LogP) is 0.125. The number of aliphatic hydroxyl groups is 1. The van der Waals surface area contributed by atoms with E-state index >= 15 is 0 Å². The SMILES string of the molecule is OC(CNCc1cnc[nH]1)C(F)F. The molecule has 0 saturated carbocycles. The average Bonchev–Trinajstić information content (AvgIpc) is 2.56. The molecule has 3 N–H and O–H groups in total. The summed E-state index contributed by atoms with van der Waals surface area (Å²) in [4.78, 5) is 6.55. The lowest BCUT2D eigenvalue weighted by Crippen LogP contribution is -2.31. The van der Waals surface area contributed by atoms with Gasteiger partial charge in [-0.1, -0.05) is 0 Å². The molecule has 6 heteroatoms. The van der Waals surface area contributed by atoms with E-state index in [2.05, 4.69) is 15.3 Å². The van der Waals surface area contributed by atoms with E-state index in [-0.39, 0.29) is 6.54 Å². The molecule has 0 spiro atoms. The molecule has 0 aromatic carbocycles. The number of aromatic amines is 1. The molecule has 1 aromatic heterocycles. The van der Waals surface area contributed by atoms with Crippen LogP contribution in [0.4, 0.5) is 8.78 Å². The maximum atomic E-state index is 11.8. The first-order valence-corrected chi connectivity index (χ1v) is 3.84. The van der Waals surface area contributed by atoms with Crippen molar-refractivity contribution in [1.29, 1.82) is 0 Å². The Kier molecular flexibility index (Phi) is 3.78. The predicted molar refractivity (Wildman–Crippen MR) is 42.3 cm³/mol. The van der Waals surface area contributed by atoms with Gasteiger partial charge in [0.15, 0.2) is 0 Å². The van der Waals surface area contributed by atoms with Crippen LogP contribution in [0.15, 0.2) is 12.5 Å². The molecule has 0 radical (unpaired) electrons. The van der Waals surface area contributed by atoms with E-state index in [9.17, 15) is 8.78 Å². The number of hydrogen-bond donors (Lipinski definition) is 3. The number of aliphatic hydroxyl groups excluding tert-OH is 1. The Morgan fingerprint density at radius 2 is 2.38 bits per heavy atom. The second-order valence-electron chi connectivity index (χ2n) is 2.61. The van der Waals surface area contributed by atoms with Gasteiger partial charge in [-0.15, -0.1) is 0 Å². The molecule has 1 heterocycles. The van der Waals surface area contributed by atoms with E-state index in [0.29, 0.717) is 6.54 Å². The molecule has 1 unspecified atom stereocenters. The van der Waals surface area contributed by atoms with Gasteiger partial charge < -0.3 is 15.4 Å². The lowest BCUT2D eigenvalue weighted by molar-refractivity contribution is -0.00344. The van der Waals surface area contributed by atoms with Gasteiger partial charge in [-0.25, -0.2) is 13.8 Å². The number of aromatic nitrogens is 2. The van der Waals surface area contributed by atoms with Crippen molar-refractivity contribution in [3.63, 3.8) is 0 Å². The molecule has 1 aromatic rings. The van der Waals surface area contributed by atoms with Crippen molar-refractivity contribution in [3.05, 3.63) is 18.2 Å². The largest absolute Gasteiger partial charge is 0.386 e. The lowest BCUT2D eigenvalue weighted by Gasteiger charge is -2.09. The van der Waals surface area contributed by atoms with Crippen LogP contribution >= 0.6 is 0 Å². The first-order valence-electron chi connectivity index (χ1n) is 3.84. The van der Waals surface area contributed by atoms with E-state index in [4.69, 9.17) is 5.11 Å². The van der Waals surface area contributed by atoms with Gasteiger partial charge >= 0.3 is 0 Å². The summed E-state index contributed by atoms with van der Waals surface area (Å²) >= 11 is 0. The molecule has 74 valence electrons. The number of halogens is 2. The van der Waals surface area contributed by atoms with Gasteiger partial charge in [0, 0.05) is 25.0 Å². The minimum absolute atomic E-state index is 0.128. The van der Waals surface area contributed by atoms with E-state index in [1.165, 1.54) is 6.33 Å². The number of H-pyrrole nitrogens is 1. The van der Waals surface area contributed by atoms with Crippen LogP contribution in [0.5, 0.6) is 0 Å². The molecule has 0 amide bonds. The van der Waals surface area contributed by atoms with Crippen LogP contribution in [-0.4, -0.2) is 34.1 Å². The second-order valence-corrected chi connectivity index (χ2v) is 2.61. The fourth-order valence-corrected chi connectivity index (χ4v) is 0.825. The van der Waals surface area contributed by atoms with E-state index in [1.54, 1.807) is 6.20 Å². The summed E-state index contributed by atoms with van der Waals surface area (Å²) in [6.45, 7) is 0.264. The third kappa shape index (κ3) is 3.47. The van der Waals surface area contributed by atoms with Crippen molar-refractivity contribution in [2.24, 2.45) is 0 Å². The fourth-order valence-electron chi connectivity index (χ4n) is 0.825. The summed E-state index contributed by atoms with van der Waals surface area (Å²) in [6, 6.07) is 0. The number of hydrogen-bond acceptors (Lipinski definition) is 3. The summed E-state index contributed by atoms with van der Waals surface area (Å²) in [5.74, 6) is 0. The van der Waals surface area contributed by atoms with Gasteiger partial charge in [0.05, 0.1) is 6.33 Å². The molecule has 0 saturated heterocycles. The molecule has 0 aliphatic carbocycles. The highest BCUT2D eigenvalue weighted by molar-refractivity contribution is 4.93.